The molecular weight excluding hydrogens is 300 g/mol. The normalized spacial score (nSPS) is 15.2. The first kappa shape index (κ1) is 16.5. The molecule has 2 aromatic rings. The third kappa shape index (κ3) is 3.92. The average molecular weight is 324 g/mol. The van der Waals surface area contributed by atoms with E-state index < -0.39 is 0 Å². The second kappa shape index (κ2) is 7.45. The molecule has 0 bridgehead atoms. The monoisotopic (exact) mass is 324 g/mol. The maximum Gasteiger partial charge on any atom is 0.103 e. The van der Waals surface area contributed by atoms with E-state index in [1.165, 1.54) is 32.4 Å². The van der Waals surface area contributed by atoms with Gasteiger partial charge in [-0.25, -0.2) is 0 Å². The van der Waals surface area contributed by atoms with Gasteiger partial charge in [0.25, 0.3) is 0 Å². The number of pyridine rings is 1. The van der Waals surface area contributed by atoms with Gasteiger partial charge in [-0.05, 0) is 45.8 Å². The van der Waals surface area contributed by atoms with Crippen molar-refractivity contribution in [1.29, 1.82) is 5.26 Å². The molecule has 1 aliphatic heterocycles. The number of nitriles is 1. The topological polar surface area (TPSA) is 69.8 Å². The molecule has 6 nitrogen and oxygen atoms in total. The van der Waals surface area contributed by atoms with Crippen LogP contribution >= 0.6 is 0 Å². The van der Waals surface area contributed by atoms with Crippen molar-refractivity contribution in [2.75, 3.05) is 25.0 Å². The molecule has 0 aromatic carbocycles. The van der Waals surface area contributed by atoms with Crippen molar-refractivity contribution in [2.24, 2.45) is 0 Å². The fraction of sp³-hybridized carbons (Fsp3) is 0.500. The Morgan fingerprint density at radius 3 is 2.75 bits per heavy atom. The van der Waals surface area contributed by atoms with Crippen LogP contribution in [0.25, 0.3) is 0 Å². The van der Waals surface area contributed by atoms with Crippen LogP contribution in [0.3, 0.4) is 0 Å². The summed E-state index contributed by atoms with van der Waals surface area (Å²) in [5.41, 5.74) is 3.92. The van der Waals surface area contributed by atoms with Crippen molar-refractivity contribution in [3.05, 3.63) is 35.4 Å². The molecule has 1 aliphatic rings. The lowest BCUT2D eigenvalue weighted by Gasteiger charge is -2.26. The third-order valence-corrected chi connectivity index (χ3v) is 4.45. The Bertz CT molecular complexity index is 736. The minimum absolute atomic E-state index is 0.585. The molecule has 3 heterocycles. The molecule has 0 unspecified atom stereocenters. The van der Waals surface area contributed by atoms with Gasteiger partial charge in [-0.1, -0.05) is 6.42 Å². The summed E-state index contributed by atoms with van der Waals surface area (Å²) < 4.78 is 1.96. The van der Waals surface area contributed by atoms with Gasteiger partial charge in [0.05, 0.1) is 35.4 Å². The SMILES string of the molecule is Cc1cc(Nc2cnn(CCN3CCCCC3)c2)c(C#N)c(C)n1. The second-order valence-corrected chi connectivity index (χ2v) is 6.40. The Labute approximate surface area is 143 Å². The summed E-state index contributed by atoms with van der Waals surface area (Å²) >= 11 is 0. The van der Waals surface area contributed by atoms with Crippen molar-refractivity contribution >= 4 is 11.4 Å². The molecule has 1 fully saturated rings. The second-order valence-electron chi connectivity index (χ2n) is 6.40. The van der Waals surface area contributed by atoms with E-state index in [1.54, 1.807) is 0 Å². The van der Waals surface area contributed by atoms with Gasteiger partial charge in [0, 0.05) is 18.4 Å². The largest absolute Gasteiger partial charge is 0.352 e. The Kier molecular flexibility index (Phi) is 5.11. The minimum atomic E-state index is 0.585. The number of likely N-dealkylation sites (tertiary alicyclic amines) is 1. The molecule has 24 heavy (non-hydrogen) atoms. The van der Waals surface area contributed by atoms with Gasteiger partial charge in [-0.3, -0.25) is 9.67 Å². The van der Waals surface area contributed by atoms with Crippen LogP contribution in [0.4, 0.5) is 11.4 Å². The summed E-state index contributed by atoms with van der Waals surface area (Å²) in [4.78, 5) is 6.85. The van der Waals surface area contributed by atoms with Crippen LogP contribution in [0.2, 0.25) is 0 Å². The van der Waals surface area contributed by atoms with E-state index in [9.17, 15) is 5.26 Å². The quantitative estimate of drug-likeness (QED) is 0.915. The Hall–Kier alpha value is -2.39. The van der Waals surface area contributed by atoms with Crippen LogP contribution < -0.4 is 5.32 Å². The first-order chi connectivity index (χ1) is 11.7. The van der Waals surface area contributed by atoms with Gasteiger partial charge in [0.2, 0.25) is 0 Å². The summed E-state index contributed by atoms with van der Waals surface area (Å²) in [6.45, 7) is 8.13. The van der Waals surface area contributed by atoms with E-state index in [0.717, 1.165) is 35.9 Å². The number of nitrogens with zero attached hydrogens (tertiary/aromatic N) is 5. The van der Waals surface area contributed by atoms with Gasteiger partial charge >= 0.3 is 0 Å². The number of hydrogen-bond acceptors (Lipinski definition) is 5. The van der Waals surface area contributed by atoms with Gasteiger partial charge in [-0.2, -0.15) is 10.4 Å². The molecule has 6 heteroatoms. The lowest BCUT2D eigenvalue weighted by atomic mass is 10.1. The van der Waals surface area contributed by atoms with E-state index in [-0.39, 0.29) is 0 Å². The van der Waals surface area contributed by atoms with Gasteiger partial charge in [-0.15, -0.1) is 0 Å². The van der Waals surface area contributed by atoms with Crippen LogP contribution in [0.5, 0.6) is 0 Å². The fourth-order valence-corrected chi connectivity index (χ4v) is 3.20. The number of piperidine rings is 1. The molecule has 0 aliphatic carbocycles. The van der Waals surface area contributed by atoms with E-state index in [2.05, 4.69) is 26.4 Å². The zero-order valence-electron chi connectivity index (χ0n) is 14.4. The molecule has 1 saturated heterocycles. The zero-order chi connectivity index (χ0) is 16.9. The first-order valence-electron chi connectivity index (χ1n) is 8.56. The van der Waals surface area contributed by atoms with Gasteiger partial charge in [0.1, 0.15) is 6.07 Å². The fourth-order valence-electron chi connectivity index (χ4n) is 3.20. The highest BCUT2D eigenvalue weighted by molar-refractivity contribution is 5.67. The Balaban J connectivity index is 1.65. The van der Waals surface area contributed by atoms with Crippen LogP contribution in [-0.2, 0) is 6.54 Å². The molecule has 3 rings (SSSR count). The van der Waals surface area contributed by atoms with Crippen LogP contribution in [0, 0.1) is 25.2 Å². The highest BCUT2D eigenvalue weighted by Crippen LogP contribution is 2.23. The number of aromatic nitrogens is 3. The standard InChI is InChI=1S/C18H24N6/c1-14-10-18(17(11-19)15(2)21-14)22-16-12-20-24(13-16)9-8-23-6-4-3-5-7-23/h10,12-13H,3-9H2,1-2H3,(H,21,22). The molecule has 126 valence electrons. The van der Waals surface area contributed by atoms with E-state index in [0.29, 0.717) is 5.56 Å². The predicted molar refractivity (Wildman–Crippen MR) is 94.2 cm³/mol. The van der Waals surface area contributed by atoms with Crippen molar-refractivity contribution in [3.63, 3.8) is 0 Å². The van der Waals surface area contributed by atoms with E-state index in [1.807, 2.05) is 37.0 Å². The molecule has 0 saturated carbocycles. The van der Waals surface area contributed by atoms with Crippen molar-refractivity contribution < 1.29 is 0 Å². The average Bonchev–Trinajstić information content (AvgIpc) is 3.01. The lowest BCUT2D eigenvalue weighted by Crippen LogP contribution is -2.32. The molecule has 0 atom stereocenters. The van der Waals surface area contributed by atoms with Crippen molar-refractivity contribution in [2.45, 2.75) is 39.7 Å². The molecule has 0 spiro atoms. The number of nitrogens with one attached hydrogen (secondary N) is 1. The molecule has 0 amide bonds. The maximum absolute atomic E-state index is 9.35. The summed E-state index contributed by atoms with van der Waals surface area (Å²) in [6, 6.07) is 4.13. The third-order valence-electron chi connectivity index (χ3n) is 4.45. The summed E-state index contributed by atoms with van der Waals surface area (Å²) in [5, 5.41) is 17.1. The summed E-state index contributed by atoms with van der Waals surface area (Å²) in [6.07, 6.45) is 7.78. The molecular formula is C18H24N6. The molecule has 0 radical (unpaired) electrons. The number of rotatable bonds is 5. The number of aryl methyl sites for hydroxylation is 2. The lowest BCUT2D eigenvalue weighted by molar-refractivity contribution is 0.218. The number of anilines is 2. The van der Waals surface area contributed by atoms with Crippen molar-refractivity contribution in [1.82, 2.24) is 19.7 Å². The Morgan fingerprint density at radius 2 is 2.00 bits per heavy atom. The maximum atomic E-state index is 9.35. The predicted octanol–water partition coefficient (Wildman–Crippen LogP) is 3.00. The van der Waals surface area contributed by atoms with Crippen LogP contribution in [-0.4, -0.2) is 39.3 Å². The number of hydrogen-bond donors (Lipinski definition) is 1. The van der Waals surface area contributed by atoms with Crippen LogP contribution in [0.15, 0.2) is 18.5 Å². The zero-order valence-corrected chi connectivity index (χ0v) is 14.4. The highest BCUT2D eigenvalue weighted by atomic mass is 15.3. The van der Waals surface area contributed by atoms with Crippen LogP contribution in [0.1, 0.15) is 36.2 Å². The molecule has 2 aromatic heterocycles. The first-order valence-corrected chi connectivity index (χ1v) is 8.56. The summed E-state index contributed by atoms with van der Waals surface area (Å²) in [7, 11) is 0. The highest BCUT2D eigenvalue weighted by Gasteiger charge is 2.11. The minimum Gasteiger partial charge on any atom is -0.352 e. The molecule has 1 N–H and O–H groups in total. The van der Waals surface area contributed by atoms with Crippen molar-refractivity contribution in [3.8, 4) is 6.07 Å². The van der Waals surface area contributed by atoms with E-state index >= 15 is 0 Å². The van der Waals surface area contributed by atoms with Gasteiger partial charge < -0.3 is 10.2 Å². The van der Waals surface area contributed by atoms with E-state index in [4.69, 9.17) is 0 Å². The summed E-state index contributed by atoms with van der Waals surface area (Å²) in [5.74, 6) is 0. The van der Waals surface area contributed by atoms with Gasteiger partial charge in [0.15, 0.2) is 0 Å². The Morgan fingerprint density at radius 1 is 1.21 bits per heavy atom. The smallest absolute Gasteiger partial charge is 0.103 e.